The summed E-state index contributed by atoms with van der Waals surface area (Å²) in [6, 6.07) is 5.43. The molecule has 0 atom stereocenters. The van der Waals surface area contributed by atoms with Gasteiger partial charge in [0.1, 0.15) is 5.75 Å². The standard InChI is InChI=1S/C12H13ClO3/c1-16-10-5-8(4-9(13)6-10)12(2-3-12)7-11(14)15/h4-6H,2-3,7H2,1H3,(H,14,15). The highest BCUT2D eigenvalue weighted by atomic mass is 35.5. The first kappa shape index (κ1) is 11.3. The highest BCUT2D eigenvalue weighted by Crippen LogP contribution is 2.52. The zero-order chi connectivity index (χ0) is 11.8. The molecule has 2 rings (SSSR count). The molecular formula is C12H13ClO3. The smallest absolute Gasteiger partial charge is 0.304 e. The van der Waals surface area contributed by atoms with Crippen molar-refractivity contribution in [2.75, 3.05) is 7.11 Å². The summed E-state index contributed by atoms with van der Waals surface area (Å²) < 4.78 is 5.13. The summed E-state index contributed by atoms with van der Waals surface area (Å²) in [6.07, 6.45) is 1.97. The summed E-state index contributed by atoms with van der Waals surface area (Å²) in [5.74, 6) is -0.0874. The van der Waals surface area contributed by atoms with E-state index in [0.29, 0.717) is 10.8 Å². The number of carbonyl (C=O) groups is 1. The van der Waals surface area contributed by atoms with Crippen LogP contribution in [0.3, 0.4) is 0 Å². The molecule has 16 heavy (non-hydrogen) atoms. The minimum absolute atomic E-state index is 0.163. The second-order valence-corrected chi connectivity index (χ2v) is 4.67. The molecule has 0 radical (unpaired) electrons. The van der Waals surface area contributed by atoms with Crippen LogP contribution in [0.1, 0.15) is 24.8 Å². The third kappa shape index (κ3) is 2.14. The number of methoxy groups -OCH3 is 1. The van der Waals surface area contributed by atoms with Crippen LogP contribution in [0.2, 0.25) is 5.02 Å². The van der Waals surface area contributed by atoms with Gasteiger partial charge >= 0.3 is 5.97 Å². The average Bonchev–Trinajstić information content (AvgIpc) is 2.97. The van der Waals surface area contributed by atoms with E-state index in [4.69, 9.17) is 21.4 Å². The first-order chi connectivity index (χ1) is 7.55. The molecule has 0 heterocycles. The van der Waals surface area contributed by atoms with Crippen molar-refractivity contribution in [1.82, 2.24) is 0 Å². The molecule has 3 nitrogen and oxygen atoms in total. The minimum atomic E-state index is -0.767. The third-order valence-electron chi connectivity index (χ3n) is 3.06. The van der Waals surface area contributed by atoms with Gasteiger partial charge in [0.25, 0.3) is 0 Å². The van der Waals surface area contributed by atoms with E-state index in [1.54, 1.807) is 13.2 Å². The fourth-order valence-electron chi connectivity index (χ4n) is 1.99. The van der Waals surface area contributed by atoms with Crippen molar-refractivity contribution in [1.29, 1.82) is 0 Å². The molecule has 0 spiro atoms. The van der Waals surface area contributed by atoms with Crippen molar-refractivity contribution >= 4 is 17.6 Å². The molecular weight excluding hydrogens is 228 g/mol. The van der Waals surface area contributed by atoms with Crippen LogP contribution in [0.5, 0.6) is 5.75 Å². The minimum Gasteiger partial charge on any atom is -0.497 e. The molecule has 1 aromatic carbocycles. The Kier molecular flexibility index (Phi) is 2.80. The Morgan fingerprint density at radius 2 is 2.19 bits per heavy atom. The van der Waals surface area contributed by atoms with Crippen LogP contribution in [0.4, 0.5) is 0 Å². The molecule has 1 aliphatic rings. The molecule has 0 aliphatic heterocycles. The maximum absolute atomic E-state index is 10.8. The van der Waals surface area contributed by atoms with Crippen LogP contribution >= 0.6 is 11.6 Å². The van der Waals surface area contributed by atoms with E-state index >= 15 is 0 Å². The van der Waals surface area contributed by atoms with E-state index in [2.05, 4.69) is 0 Å². The highest BCUT2D eigenvalue weighted by Gasteiger charge is 2.46. The average molecular weight is 241 g/mol. The van der Waals surface area contributed by atoms with E-state index in [0.717, 1.165) is 18.4 Å². The summed E-state index contributed by atoms with van der Waals surface area (Å²) in [5, 5.41) is 9.47. The Morgan fingerprint density at radius 3 is 2.69 bits per heavy atom. The van der Waals surface area contributed by atoms with Crippen LogP contribution in [0.15, 0.2) is 18.2 Å². The van der Waals surface area contributed by atoms with Gasteiger partial charge in [0, 0.05) is 10.4 Å². The van der Waals surface area contributed by atoms with E-state index < -0.39 is 5.97 Å². The van der Waals surface area contributed by atoms with Gasteiger partial charge in [-0.3, -0.25) is 4.79 Å². The monoisotopic (exact) mass is 240 g/mol. The molecule has 1 N–H and O–H groups in total. The van der Waals surface area contributed by atoms with Gasteiger partial charge < -0.3 is 9.84 Å². The second-order valence-electron chi connectivity index (χ2n) is 4.23. The van der Waals surface area contributed by atoms with Crippen molar-refractivity contribution in [2.45, 2.75) is 24.7 Å². The lowest BCUT2D eigenvalue weighted by atomic mass is 9.92. The first-order valence-electron chi connectivity index (χ1n) is 5.13. The van der Waals surface area contributed by atoms with E-state index in [1.165, 1.54) is 0 Å². The van der Waals surface area contributed by atoms with Gasteiger partial charge in [0.15, 0.2) is 0 Å². The van der Waals surface area contributed by atoms with Crippen LogP contribution in [-0.2, 0) is 10.2 Å². The lowest BCUT2D eigenvalue weighted by Gasteiger charge is -2.14. The van der Waals surface area contributed by atoms with Crippen LogP contribution < -0.4 is 4.74 Å². The Bertz CT molecular complexity index is 424. The molecule has 1 aromatic rings. The van der Waals surface area contributed by atoms with Crippen molar-refractivity contribution in [2.24, 2.45) is 0 Å². The summed E-state index contributed by atoms with van der Waals surface area (Å²) in [4.78, 5) is 10.8. The predicted octanol–water partition coefficient (Wildman–Crippen LogP) is 2.85. The number of carboxylic acids is 1. The van der Waals surface area contributed by atoms with Gasteiger partial charge in [-0.25, -0.2) is 0 Å². The molecule has 0 amide bonds. The quantitative estimate of drug-likeness (QED) is 0.880. The van der Waals surface area contributed by atoms with Gasteiger partial charge in [-0.2, -0.15) is 0 Å². The van der Waals surface area contributed by atoms with Gasteiger partial charge in [0.05, 0.1) is 13.5 Å². The maximum atomic E-state index is 10.8. The summed E-state index contributed by atoms with van der Waals surface area (Å²) in [6.45, 7) is 0. The number of ether oxygens (including phenoxy) is 1. The Morgan fingerprint density at radius 1 is 1.50 bits per heavy atom. The van der Waals surface area contributed by atoms with Crippen molar-refractivity contribution in [3.05, 3.63) is 28.8 Å². The van der Waals surface area contributed by atoms with Gasteiger partial charge in [0.2, 0.25) is 0 Å². The van der Waals surface area contributed by atoms with E-state index in [-0.39, 0.29) is 11.8 Å². The summed E-state index contributed by atoms with van der Waals surface area (Å²) in [5.41, 5.74) is 0.753. The van der Waals surface area contributed by atoms with Crippen LogP contribution in [0.25, 0.3) is 0 Å². The zero-order valence-corrected chi connectivity index (χ0v) is 9.75. The van der Waals surface area contributed by atoms with E-state index in [1.807, 2.05) is 12.1 Å². The van der Waals surface area contributed by atoms with Crippen molar-refractivity contribution in [3.8, 4) is 5.75 Å². The van der Waals surface area contributed by atoms with Gasteiger partial charge in [-0.05, 0) is 36.6 Å². The first-order valence-corrected chi connectivity index (χ1v) is 5.50. The normalized spacial score (nSPS) is 16.9. The number of aliphatic carboxylic acids is 1. The number of benzene rings is 1. The molecule has 1 aliphatic carbocycles. The van der Waals surface area contributed by atoms with Gasteiger partial charge in [-0.1, -0.05) is 11.6 Å². The SMILES string of the molecule is COc1cc(Cl)cc(C2(CC(=O)O)CC2)c1. The van der Waals surface area contributed by atoms with Crippen molar-refractivity contribution in [3.63, 3.8) is 0 Å². The lowest BCUT2D eigenvalue weighted by Crippen LogP contribution is -2.13. The Balaban J connectivity index is 2.33. The fraction of sp³-hybridized carbons (Fsp3) is 0.417. The fourth-order valence-corrected chi connectivity index (χ4v) is 2.22. The van der Waals surface area contributed by atoms with Crippen LogP contribution in [-0.4, -0.2) is 18.2 Å². The highest BCUT2D eigenvalue weighted by molar-refractivity contribution is 6.30. The molecule has 0 bridgehead atoms. The number of rotatable bonds is 4. The van der Waals surface area contributed by atoms with Crippen molar-refractivity contribution < 1.29 is 14.6 Å². The van der Waals surface area contributed by atoms with E-state index in [9.17, 15) is 4.79 Å². The summed E-state index contributed by atoms with van der Waals surface area (Å²) >= 11 is 5.97. The zero-order valence-electron chi connectivity index (χ0n) is 9.00. The second kappa shape index (κ2) is 3.98. The van der Waals surface area contributed by atoms with Gasteiger partial charge in [-0.15, -0.1) is 0 Å². The Hall–Kier alpha value is -1.22. The molecule has 0 saturated heterocycles. The topological polar surface area (TPSA) is 46.5 Å². The molecule has 0 unspecified atom stereocenters. The number of hydrogen-bond acceptors (Lipinski definition) is 2. The molecule has 0 aromatic heterocycles. The number of halogens is 1. The molecule has 1 saturated carbocycles. The molecule has 1 fully saturated rings. The largest absolute Gasteiger partial charge is 0.497 e. The molecule has 4 heteroatoms. The summed E-state index contributed by atoms with van der Waals surface area (Å²) in [7, 11) is 1.58. The predicted molar refractivity (Wildman–Crippen MR) is 61.2 cm³/mol. The maximum Gasteiger partial charge on any atom is 0.304 e. The Labute approximate surface area is 99.0 Å². The number of carboxylic acid groups (broad SMARTS) is 1. The number of hydrogen-bond donors (Lipinski definition) is 1. The third-order valence-corrected chi connectivity index (χ3v) is 3.28. The molecule has 86 valence electrons. The lowest BCUT2D eigenvalue weighted by molar-refractivity contribution is -0.137. The van der Waals surface area contributed by atoms with Crippen LogP contribution in [0, 0.1) is 0 Å².